The third-order valence-electron chi connectivity index (χ3n) is 3.72. The maximum Gasteiger partial charge on any atom is 0.222 e. The van der Waals surface area contributed by atoms with E-state index in [4.69, 9.17) is 4.74 Å². The molecular weight excluding hydrogens is 282 g/mol. The summed E-state index contributed by atoms with van der Waals surface area (Å²) >= 11 is 3.34. The highest BCUT2D eigenvalue weighted by atomic mass is 79.9. The Kier molecular flexibility index (Phi) is 3.29. The van der Waals surface area contributed by atoms with Gasteiger partial charge in [-0.05, 0) is 41.6 Å². The van der Waals surface area contributed by atoms with Crippen molar-refractivity contribution < 1.29 is 4.74 Å². The summed E-state index contributed by atoms with van der Waals surface area (Å²) in [5.41, 5.74) is 0. The van der Waals surface area contributed by atoms with Crippen LogP contribution in [-0.2, 0) is 4.74 Å². The van der Waals surface area contributed by atoms with Gasteiger partial charge in [-0.3, -0.25) is 0 Å². The normalized spacial score (nSPS) is 32.2. The molecule has 5 heteroatoms. The van der Waals surface area contributed by atoms with Gasteiger partial charge in [0, 0.05) is 31.0 Å². The highest BCUT2D eigenvalue weighted by Gasteiger charge is 2.37. The molecule has 0 amide bonds. The second-order valence-corrected chi connectivity index (χ2v) is 5.68. The standard InChI is InChI=1S/C12H16BrN3O/c13-8-6-14-12(15-7-8)16-10-2-1-3-11-9(10)4-5-17-11/h6-7,9-11H,1-5H2,(H,14,15,16)/t9-,10+,11-/m0/s1. The first kappa shape index (κ1) is 11.4. The van der Waals surface area contributed by atoms with Crippen molar-refractivity contribution in [2.45, 2.75) is 37.8 Å². The first-order valence-electron chi connectivity index (χ1n) is 6.18. The Labute approximate surface area is 109 Å². The Hall–Kier alpha value is -0.680. The number of halogens is 1. The van der Waals surface area contributed by atoms with Crippen molar-refractivity contribution in [3.8, 4) is 0 Å². The number of anilines is 1. The highest BCUT2D eigenvalue weighted by molar-refractivity contribution is 9.10. The summed E-state index contributed by atoms with van der Waals surface area (Å²) in [5.74, 6) is 1.36. The van der Waals surface area contributed by atoms with Crippen LogP contribution < -0.4 is 5.32 Å². The fourth-order valence-electron chi connectivity index (χ4n) is 2.91. The van der Waals surface area contributed by atoms with Gasteiger partial charge in [0.1, 0.15) is 0 Å². The molecule has 0 radical (unpaired) electrons. The van der Waals surface area contributed by atoms with E-state index in [-0.39, 0.29) is 0 Å². The van der Waals surface area contributed by atoms with Crippen LogP contribution in [0.1, 0.15) is 25.7 Å². The lowest BCUT2D eigenvalue weighted by Gasteiger charge is -2.33. The summed E-state index contributed by atoms with van der Waals surface area (Å²) < 4.78 is 6.67. The molecule has 2 heterocycles. The lowest BCUT2D eigenvalue weighted by atomic mass is 9.82. The average molecular weight is 298 g/mol. The minimum Gasteiger partial charge on any atom is -0.378 e. The van der Waals surface area contributed by atoms with Gasteiger partial charge in [0.15, 0.2) is 0 Å². The summed E-state index contributed by atoms with van der Waals surface area (Å²) in [7, 11) is 0. The number of nitrogens with zero attached hydrogens (tertiary/aromatic N) is 2. The van der Waals surface area contributed by atoms with Gasteiger partial charge in [-0.1, -0.05) is 0 Å². The van der Waals surface area contributed by atoms with Crippen molar-refractivity contribution in [1.29, 1.82) is 0 Å². The summed E-state index contributed by atoms with van der Waals surface area (Å²) in [6.07, 6.45) is 8.82. The van der Waals surface area contributed by atoms with Crippen molar-refractivity contribution in [1.82, 2.24) is 9.97 Å². The molecular formula is C12H16BrN3O. The van der Waals surface area contributed by atoms with Gasteiger partial charge in [-0.25, -0.2) is 9.97 Å². The van der Waals surface area contributed by atoms with Gasteiger partial charge >= 0.3 is 0 Å². The van der Waals surface area contributed by atoms with Crippen LogP contribution in [-0.4, -0.2) is 28.7 Å². The Morgan fingerprint density at radius 2 is 2.06 bits per heavy atom. The molecule has 2 aliphatic rings. The molecule has 4 nitrogen and oxygen atoms in total. The van der Waals surface area contributed by atoms with Crippen LogP contribution in [0.3, 0.4) is 0 Å². The SMILES string of the molecule is Brc1cnc(N[C@@H]2CCC[C@@H]3OCC[C@H]32)nc1. The number of hydrogen-bond donors (Lipinski definition) is 1. The zero-order valence-corrected chi connectivity index (χ0v) is 11.2. The van der Waals surface area contributed by atoms with Crippen molar-refractivity contribution in [2.24, 2.45) is 5.92 Å². The monoisotopic (exact) mass is 297 g/mol. The summed E-state index contributed by atoms with van der Waals surface area (Å²) in [6, 6.07) is 0.470. The molecule has 1 aliphatic heterocycles. The summed E-state index contributed by atoms with van der Waals surface area (Å²) in [5, 5.41) is 3.46. The predicted octanol–water partition coefficient (Wildman–Crippen LogP) is 2.61. The smallest absolute Gasteiger partial charge is 0.222 e. The first-order valence-corrected chi connectivity index (χ1v) is 6.98. The average Bonchev–Trinajstić information content (AvgIpc) is 2.81. The first-order chi connectivity index (χ1) is 8.33. The second-order valence-electron chi connectivity index (χ2n) is 4.77. The molecule has 3 rings (SSSR count). The molecule has 1 saturated carbocycles. The molecule has 92 valence electrons. The van der Waals surface area contributed by atoms with E-state index in [0.717, 1.165) is 17.0 Å². The molecule has 0 bridgehead atoms. The quantitative estimate of drug-likeness (QED) is 0.911. The Bertz CT molecular complexity index is 384. The van der Waals surface area contributed by atoms with Crippen LogP contribution in [0.5, 0.6) is 0 Å². The lowest BCUT2D eigenvalue weighted by Crippen LogP contribution is -2.38. The van der Waals surface area contributed by atoms with Crippen molar-refractivity contribution >= 4 is 21.9 Å². The van der Waals surface area contributed by atoms with Gasteiger partial charge in [-0.15, -0.1) is 0 Å². The number of fused-ring (bicyclic) bond motifs is 1. The predicted molar refractivity (Wildman–Crippen MR) is 68.8 cm³/mol. The van der Waals surface area contributed by atoms with Crippen molar-refractivity contribution in [3.05, 3.63) is 16.9 Å². The number of nitrogens with one attached hydrogen (secondary N) is 1. The van der Waals surface area contributed by atoms with Crippen LogP contribution in [0.4, 0.5) is 5.95 Å². The van der Waals surface area contributed by atoms with Crippen LogP contribution in [0.25, 0.3) is 0 Å². The minimum atomic E-state index is 0.455. The van der Waals surface area contributed by atoms with Gasteiger partial charge < -0.3 is 10.1 Å². The number of hydrogen-bond acceptors (Lipinski definition) is 4. The maximum absolute atomic E-state index is 5.76. The van der Waals surface area contributed by atoms with E-state index in [9.17, 15) is 0 Å². The Morgan fingerprint density at radius 3 is 2.88 bits per heavy atom. The fourth-order valence-corrected chi connectivity index (χ4v) is 3.11. The maximum atomic E-state index is 5.76. The molecule has 1 aromatic rings. The molecule has 1 aliphatic carbocycles. The molecule has 1 N–H and O–H groups in total. The number of rotatable bonds is 2. The van der Waals surface area contributed by atoms with E-state index < -0.39 is 0 Å². The highest BCUT2D eigenvalue weighted by Crippen LogP contribution is 2.35. The van der Waals surface area contributed by atoms with E-state index in [2.05, 4.69) is 31.2 Å². The largest absolute Gasteiger partial charge is 0.378 e. The van der Waals surface area contributed by atoms with Gasteiger partial charge in [0.05, 0.1) is 10.6 Å². The molecule has 3 atom stereocenters. The number of ether oxygens (including phenoxy) is 1. The number of aromatic nitrogens is 2. The van der Waals surface area contributed by atoms with Gasteiger partial charge in [0.25, 0.3) is 0 Å². The molecule has 1 saturated heterocycles. The third-order valence-corrected chi connectivity index (χ3v) is 4.13. The van der Waals surface area contributed by atoms with E-state index in [1.54, 1.807) is 12.4 Å². The topological polar surface area (TPSA) is 47.0 Å². The van der Waals surface area contributed by atoms with Gasteiger partial charge in [0.2, 0.25) is 5.95 Å². The zero-order valence-electron chi connectivity index (χ0n) is 9.60. The summed E-state index contributed by atoms with van der Waals surface area (Å²) in [4.78, 5) is 8.55. The molecule has 0 aromatic carbocycles. The lowest BCUT2D eigenvalue weighted by molar-refractivity contribution is 0.0619. The molecule has 0 unspecified atom stereocenters. The van der Waals surface area contributed by atoms with E-state index >= 15 is 0 Å². The van der Waals surface area contributed by atoms with E-state index in [1.165, 1.54) is 25.7 Å². The van der Waals surface area contributed by atoms with Crippen LogP contribution >= 0.6 is 15.9 Å². The Balaban J connectivity index is 1.69. The fraction of sp³-hybridized carbons (Fsp3) is 0.667. The van der Waals surface area contributed by atoms with E-state index in [1.807, 2.05) is 0 Å². The van der Waals surface area contributed by atoms with Crippen molar-refractivity contribution in [2.75, 3.05) is 11.9 Å². The molecule has 0 spiro atoms. The van der Waals surface area contributed by atoms with Crippen molar-refractivity contribution in [3.63, 3.8) is 0 Å². The zero-order chi connectivity index (χ0) is 11.7. The van der Waals surface area contributed by atoms with Crippen LogP contribution in [0, 0.1) is 5.92 Å². The third kappa shape index (κ3) is 2.45. The van der Waals surface area contributed by atoms with Crippen LogP contribution in [0.15, 0.2) is 16.9 Å². The molecule has 2 fully saturated rings. The Morgan fingerprint density at radius 1 is 1.24 bits per heavy atom. The summed E-state index contributed by atoms with van der Waals surface area (Å²) in [6.45, 7) is 0.911. The molecule has 1 aromatic heterocycles. The van der Waals surface area contributed by atoms with E-state index in [0.29, 0.717) is 18.1 Å². The van der Waals surface area contributed by atoms with Gasteiger partial charge in [-0.2, -0.15) is 0 Å². The minimum absolute atomic E-state index is 0.455. The molecule has 17 heavy (non-hydrogen) atoms. The second kappa shape index (κ2) is 4.90. The van der Waals surface area contributed by atoms with Crippen LogP contribution in [0.2, 0.25) is 0 Å².